The molecule has 4 fully saturated rings. The molecule has 4 rings (SSSR count). The van der Waals surface area contributed by atoms with Gasteiger partial charge in [-0.15, -0.1) is 0 Å². The van der Waals surface area contributed by atoms with E-state index in [0.29, 0.717) is 0 Å². The van der Waals surface area contributed by atoms with Crippen molar-refractivity contribution in [2.45, 2.75) is 154 Å². The maximum absolute atomic E-state index is 1.61. The lowest BCUT2D eigenvalue weighted by atomic mass is 9.58. The average molecular weight is 401 g/mol. The zero-order valence-corrected chi connectivity index (χ0v) is 19.8. The molecule has 0 aromatic rings. The van der Waals surface area contributed by atoms with Crippen molar-refractivity contribution < 1.29 is 0 Å². The molecule has 0 aromatic heterocycles. The maximum Gasteiger partial charge on any atom is -0.0269 e. The summed E-state index contributed by atoms with van der Waals surface area (Å²) in [6, 6.07) is 0. The van der Waals surface area contributed by atoms with E-state index in [4.69, 9.17) is 0 Å². The molecular formula is C29H52. The van der Waals surface area contributed by atoms with Crippen molar-refractivity contribution in [1.29, 1.82) is 0 Å². The molecule has 1 unspecified atom stereocenters. The number of hydrogen-bond donors (Lipinski definition) is 0. The van der Waals surface area contributed by atoms with Crippen LogP contribution in [0.15, 0.2) is 0 Å². The van der Waals surface area contributed by atoms with Crippen LogP contribution >= 0.6 is 0 Å². The van der Waals surface area contributed by atoms with Gasteiger partial charge in [-0.25, -0.2) is 0 Å². The summed E-state index contributed by atoms with van der Waals surface area (Å²) in [5.41, 5.74) is 0.774. The third kappa shape index (κ3) is 6.26. The molecule has 0 aliphatic heterocycles. The van der Waals surface area contributed by atoms with Gasteiger partial charge in [0.15, 0.2) is 0 Å². The van der Waals surface area contributed by atoms with Crippen LogP contribution in [-0.4, -0.2) is 0 Å². The highest BCUT2D eigenvalue weighted by atomic mass is 14.5. The quantitative estimate of drug-likeness (QED) is 0.380. The molecule has 4 aliphatic rings. The topological polar surface area (TPSA) is 0 Å². The highest BCUT2D eigenvalue weighted by Gasteiger charge is 2.40. The molecule has 0 amide bonds. The molecule has 0 bridgehead atoms. The van der Waals surface area contributed by atoms with Crippen molar-refractivity contribution in [3.05, 3.63) is 0 Å². The van der Waals surface area contributed by atoms with Crippen LogP contribution in [0, 0.1) is 29.1 Å². The molecule has 0 saturated heterocycles. The molecule has 0 aromatic carbocycles. The molecule has 0 heteroatoms. The normalized spacial score (nSPS) is 29.0. The van der Waals surface area contributed by atoms with Crippen LogP contribution in [-0.2, 0) is 0 Å². The van der Waals surface area contributed by atoms with Gasteiger partial charge in [0, 0.05) is 0 Å². The second-order valence-corrected chi connectivity index (χ2v) is 12.0. The highest BCUT2D eigenvalue weighted by molar-refractivity contribution is 4.91. The fourth-order valence-electron chi connectivity index (χ4n) is 8.45. The van der Waals surface area contributed by atoms with Crippen molar-refractivity contribution >= 4 is 0 Å². The van der Waals surface area contributed by atoms with Gasteiger partial charge in [-0.3, -0.25) is 0 Å². The SMILES string of the molecule is C1CCC(CCC(CCC2(C3CCCCC3)CCCCC2)C2CCCCC2)CC1. The fourth-order valence-corrected chi connectivity index (χ4v) is 8.45. The summed E-state index contributed by atoms with van der Waals surface area (Å²) in [6.45, 7) is 0. The van der Waals surface area contributed by atoms with Gasteiger partial charge in [0.1, 0.15) is 0 Å². The summed E-state index contributed by atoms with van der Waals surface area (Å²) >= 11 is 0. The lowest BCUT2D eigenvalue weighted by Crippen LogP contribution is -2.35. The Labute approximate surface area is 183 Å². The Bertz CT molecular complexity index is 427. The lowest BCUT2D eigenvalue weighted by Gasteiger charge is -2.47. The third-order valence-corrected chi connectivity index (χ3v) is 10.3. The van der Waals surface area contributed by atoms with E-state index < -0.39 is 0 Å². The second-order valence-electron chi connectivity index (χ2n) is 12.0. The summed E-state index contributed by atoms with van der Waals surface area (Å²) in [7, 11) is 0. The summed E-state index contributed by atoms with van der Waals surface area (Å²) in [4.78, 5) is 0. The summed E-state index contributed by atoms with van der Waals surface area (Å²) < 4.78 is 0. The van der Waals surface area contributed by atoms with Crippen LogP contribution in [0.25, 0.3) is 0 Å². The molecule has 0 radical (unpaired) electrons. The molecule has 0 heterocycles. The van der Waals surface area contributed by atoms with Crippen molar-refractivity contribution in [3.63, 3.8) is 0 Å². The first-order chi connectivity index (χ1) is 14.4. The van der Waals surface area contributed by atoms with Crippen molar-refractivity contribution in [2.24, 2.45) is 29.1 Å². The first kappa shape index (κ1) is 22.2. The van der Waals surface area contributed by atoms with E-state index in [1.165, 1.54) is 38.5 Å². The Morgan fingerprint density at radius 2 is 1.10 bits per heavy atom. The predicted molar refractivity (Wildman–Crippen MR) is 127 cm³/mol. The minimum atomic E-state index is 0.774. The first-order valence-electron chi connectivity index (χ1n) is 14.4. The lowest BCUT2D eigenvalue weighted by molar-refractivity contribution is 0.0433. The van der Waals surface area contributed by atoms with Gasteiger partial charge in [0.05, 0.1) is 0 Å². The average Bonchev–Trinajstić information content (AvgIpc) is 2.81. The molecule has 29 heavy (non-hydrogen) atoms. The Kier molecular flexibility index (Phi) is 8.86. The van der Waals surface area contributed by atoms with Gasteiger partial charge in [0.2, 0.25) is 0 Å². The van der Waals surface area contributed by atoms with Crippen LogP contribution in [0.1, 0.15) is 154 Å². The van der Waals surface area contributed by atoms with Gasteiger partial charge in [-0.05, 0) is 74.0 Å². The largest absolute Gasteiger partial charge is 0.0533 e. The summed E-state index contributed by atoms with van der Waals surface area (Å²) in [5.74, 6) is 4.37. The first-order valence-corrected chi connectivity index (χ1v) is 14.4. The number of hydrogen-bond acceptors (Lipinski definition) is 0. The zero-order chi connectivity index (χ0) is 19.8. The predicted octanol–water partition coefficient (Wildman–Crippen LogP) is 9.85. The Balaban J connectivity index is 1.37. The summed E-state index contributed by atoms with van der Waals surface area (Å²) in [6.07, 6.45) is 37.4. The third-order valence-electron chi connectivity index (χ3n) is 10.3. The minimum Gasteiger partial charge on any atom is -0.0533 e. The molecule has 0 spiro atoms. The van der Waals surface area contributed by atoms with Crippen molar-refractivity contribution in [3.8, 4) is 0 Å². The molecule has 4 saturated carbocycles. The molecule has 0 N–H and O–H groups in total. The Morgan fingerprint density at radius 1 is 0.552 bits per heavy atom. The van der Waals surface area contributed by atoms with E-state index >= 15 is 0 Å². The monoisotopic (exact) mass is 400 g/mol. The Hall–Kier alpha value is 0. The van der Waals surface area contributed by atoms with E-state index in [1.807, 2.05) is 0 Å². The minimum absolute atomic E-state index is 0.774. The van der Waals surface area contributed by atoms with E-state index in [9.17, 15) is 0 Å². The van der Waals surface area contributed by atoms with Gasteiger partial charge in [-0.2, -0.15) is 0 Å². The molecule has 0 nitrogen and oxygen atoms in total. The van der Waals surface area contributed by atoms with Crippen LogP contribution in [0.3, 0.4) is 0 Å². The van der Waals surface area contributed by atoms with Crippen LogP contribution in [0.5, 0.6) is 0 Å². The van der Waals surface area contributed by atoms with E-state index in [-0.39, 0.29) is 0 Å². The van der Waals surface area contributed by atoms with Gasteiger partial charge >= 0.3 is 0 Å². The van der Waals surface area contributed by atoms with Crippen molar-refractivity contribution in [2.75, 3.05) is 0 Å². The molecule has 1 atom stereocenters. The van der Waals surface area contributed by atoms with Gasteiger partial charge < -0.3 is 0 Å². The second kappa shape index (κ2) is 11.6. The number of rotatable bonds is 8. The molecule has 4 aliphatic carbocycles. The smallest absolute Gasteiger partial charge is 0.0269 e. The van der Waals surface area contributed by atoms with E-state index in [2.05, 4.69) is 0 Å². The Morgan fingerprint density at radius 3 is 1.76 bits per heavy atom. The standard InChI is InChI=1S/C29H52/c1-5-13-25(14-6-1)19-20-27(26-15-7-2-8-16-26)21-24-29(22-11-4-12-23-29)28-17-9-3-10-18-28/h25-28H,1-24H2. The van der Waals surface area contributed by atoms with Crippen LogP contribution in [0.2, 0.25) is 0 Å². The van der Waals surface area contributed by atoms with Crippen LogP contribution in [0.4, 0.5) is 0 Å². The van der Waals surface area contributed by atoms with Crippen LogP contribution < -0.4 is 0 Å². The zero-order valence-electron chi connectivity index (χ0n) is 19.8. The van der Waals surface area contributed by atoms with Crippen molar-refractivity contribution in [1.82, 2.24) is 0 Å². The maximum atomic E-state index is 1.61. The van der Waals surface area contributed by atoms with E-state index in [1.54, 1.807) is 116 Å². The fraction of sp³-hybridized carbons (Fsp3) is 1.00. The highest BCUT2D eigenvalue weighted by Crippen LogP contribution is 2.52. The molecular weight excluding hydrogens is 348 g/mol. The van der Waals surface area contributed by atoms with E-state index in [0.717, 1.165) is 29.1 Å². The van der Waals surface area contributed by atoms with Gasteiger partial charge in [-0.1, -0.05) is 109 Å². The molecule has 168 valence electrons. The summed E-state index contributed by atoms with van der Waals surface area (Å²) in [5, 5.41) is 0. The van der Waals surface area contributed by atoms with Gasteiger partial charge in [0.25, 0.3) is 0 Å².